The SMILES string of the molecule is Cc1cc(C)c(CCCCC(C)(C)C)c(CCCCC(C)(C)C)c1. The topological polar surface area (TPSA) is 0 Å². The largest absolute Gasteiger partial charge is 0.0602 e. The molecule has 0 N–H and O–H groups in total. The lowest BCUT2D eigenvalue weighted by Crippen LogP contribution is -2.06. The third kappa shape index (κ3) is 8.90. The number of hydrogen-bond donors (Lipinski definition) is 0. The molecule has 0 aliphatic rings. The van der Waals surface area contributed by atoms with Crippen molar-refractivity contribution in [3.8, 4) is 0 Å². The van der Waals surface area contributed by atoms with Gasteiger partial charge in [0.1, 0.15) is 0 Å². The van der Waals surface area contributed by atoms with Crippen molar-refractivity contribution < 1.29 is 0 Å². The average Bonchev–Trinajstić information content (AvgIpc) is 2.39. The molecule has 138 valence electrons. The smallest absolute Gasteiger partial charge is 0.0274 e. The monoisotopic (exact) mass is 330 g/mol. The second-order valence-electron chi connectivity index (χ2n) is 10.3. The molecule has 0 aromatic heterocycles. The van der Waals surface area contributed by atoms with Crippen LogP contribution in [0.5, 0.6) is 0 Å². The van der Waals surface area contributed by atoms with Crippen LogP contribution < -0.4 is 0 Å². The van der Waals surface area contributed by atoms with Gasteiger partial charge in [-0.2, -0.15) is 0 Å². The van der Waals surface area contributed by atoms with Gasteiger partial charge in [0.05, 0.1) is 0 Å². The van der Waals surface area contributed by atoms with Crippen LogP contribution in [0.25, 0.3) is 0 Å². The van der Waals surface area contributed by atoms with Crippen molar-refractivity contribution in [3.05, 3.63) is 34.4 Å². The van der Waals surface area contributed by atoms with Crippen molar-refractivity contribution in [1.82, 2.24) is 0 Å². The first kappa shape index (κ1) is 21.3. The zero-order chi connectivity index (χ0) is 18.4. The van der Waals surface area contributed by atoms with E-state index in [0.29, 0.717) is 10.8 Å². The van der Waals surface area contributed by atoms with Gasteiger partial charge in [-0.1, -0.05) is 72.1 Å². The second-order valence-corrected chi connectivity index (χ2v) is 10.3. The van der Waals surface area contributed by atoms with Gasteiger partial charge in [0.25, 0.3) is 0 Å². The summed E-state index contributed by atoms with van der Waals surface area (Å²) in [5.74, 6) is 0. The van der Waals surface area contributed by atoms with Crippen LogP contribution in [0.3, 0.4) is 0 Å². The molecular formula is C24H42. The summed E-state index contributed by atoms with van der Waals surface area (Å²) < 4.78 is 0. The lowest BCUT2D eigenvalue weighted by atomic mass is 9.86. The maximum absolute atomic E-state index is 2.45. The van der Waals surface area contributed by atoms with Gasteiger partial charge in [0.2, 0.25) is 0 Å². The minimum Gasteiger partial charge on any atom is -0.0602 e. The van der Waals surface area contributed by atoms with E-state index in [0.717, 1.165) is 0 Å². The van der Waals surface area contributed by atoms with Crippen molar-refractivity contribution in [2.24, 2.45) is 10.8 Å². The standard InChI is InChI=1S/C24H42/c1-19-17-20(2)22(14-10-12-16-24(6,7)8)21(18-19)13-9-11-15-23(3,4)5/h17-18H,9-16H2,1-8H3. The molecule has 0 nitrogen and oxygen atoms in total. The van der Waals surface area contributed by atoms with Gasteiger partial charge in [-0.15, -0.1) is 0 Å². The molecule has 0 bridgehead atoms. The minimum absolute atomic E-state index is 0.470. The molecule has 0 aliphatic carbocycles. The first-order valence-corrected chi connectivity index (χ1v) is 10.1. The summed E-state index contributed by atoms with van der Waals surface area (Å²) in [7, 11) is 0. The normalized spacial score (nSPS) is 12.7. The Bertz CT molecular complexity index is 494. The van der Waals surface area contributed by atoms with Crippen molar-refractivity contribution in [2.45, 2.75) is 107 Å². The third-order valence-corrected chi connectivity index (χ3v) is 4.94. The Morgan fingerprint density at radius 2 is 1.17 bits per heavy atom. The second kappa shape index (κ2) is 9.07. The summed E-state index contributed by atoms with van der Waals surface area (Å²) in [5.41, 5.74) is 7.15. The highest BCUT2D eigenvalue weighted by Gasteiger charge is 2.12. The summed E-state index contributed by atoms with van der Waals surface area (Å²) in [4.78, 5) is 0. The van der Waals surface area contributed by atoms with E-state index in [1.807, 2.05) is 0 Å². The van der Waals surface area contributed by atoms with Gasteiger partial charge in [-0.3, -0.25) is 0 Å². The highest BCUT2D eigenvalue weighted by molar-refractivity contribution is 5.38. The first-order valence-electron chi connectivity index (χ1n) is 10.1. The van der Waals surface area contributed by atoms with Gasteiger partial charge in [-0.25, -0.2) is 0 Å². The first-order chi connectivity index (χ1) is 11.0. The molecule has 1 aromatic rings. The number of aryl methyl sites for hydroxylation is 3. The van der Waals surface area contributed by atoms with Gasteiger partial charge in [0.15, 0.2) is 0 Å². The predicted molar refractivity (Wildman–Crippen MR) is 110 cm³/mol. The van der Waals surface area contributed by atoms with Gasteiger partial charge < -0.3 is 0 Å². The molecular weight excluding hydrogens is 288 g/mol. The van der Waals surface area contributed by atoms with Gasteiger partial charge in [0, 0.05) is 0 Å². The maximum Gasteiger partial charge on any atom is -0.0274 e. The fourth-order valence-electron chi connectivity index (χ4n) is 3.59. The Morgan fingerprint density at radius 3 is 1.67 bits per heavy atom. The van der Waals surface area contributed by atoms with E-state index in [-0.39, 0.29) is 0 Å². The van der Waals surface area contributed by atoms with E-state index in [1.54, 1.807) is 11.1 Å². The summed E-state index contributed by atoms with van der Waals surface area (Å²) in [6.07, 6.45) is 10.5. The quantitative estimate of drug-likeness (QED) is 0.426. The summed E-state index contributed by atoms with van der Waals surface area (Å²) in [5, 5.41) is 0. The molecule has 0 amide bonds. The molecule has 24 heavy (non-hydrogen) atoms. The van der Waals surface area contributed by atoms with Crippen LogP contribution in [-0.2, 0) is 12.8 Å². The molecule has 0 heterocycles. The van der Waals surface area contributed by atoms with E-state index in [1.165, 1.54) is 62.5 Å². The Labute approximate surface area is 152 Å². The number of hydrogen-bond acceptors (Lipinski definition) is 0. The molecule has 1 aromatic carbocycles. The Balaban J connectivity index is 2.63. The predicted octanol–water partition coefficient (Wildman–Crippen LogP) is 7.82. The molecule has 0 aliphatic heterocycles. The summed E-state index contributed by atoms with van der Waals surface area (Å²) >= 11 is 0. The van der Waals surface area contributed by atoms with E-state index in [4.69, 9.17) is 0 Å². The van der Waals surface area contributed by atoms with Crippen LogP contribution in [0.15, 0.2) is 12.1 Å². The van der Waals surface area contributed by atoms with Crippen LogP contribution in [0.4, 0.5) is 0 Å². The zero-order valence-electron chi connectivity index (χ0n) is 17.8. The van der Waals surface area contributed by atoms with Crippen molar-refractivity contribution in [1.29, 1.82) is 0 Å². The Kier molecular flexibility index (Phi) is 8.03. The Morgan fingerprint density at radius 1 is 0.667 bits per heavy atom. The van der Waals surface area contributed by atoms with Crippen LogP contribution >= 0.6 is 0 Å². The minimum atomic E-state index is 0.470. The molecule has 0 unspecified atom stereocenters. The molecule has 0 fully saturated rings. The van der Waals surface area contributed by atoms with Crippen molar-refractivity contribution in [2.75, 3.05) is 0 Å². The Hall–Kier alpha value is -0.780. The van der Waals surface area contributed by atoms with E-state index in [9.17, 15) is 0 Å². The van der Waals surface area contributed by atoms with Crippen LogP contribution in [-0.4, -0.2) is 0 Å². The molecule has 0 radical (unpaired) electrons. The third-order valence-electron chi connectivity index (χ3n) is 4.94. The summed E-state index contributed by atoms with van der Waals surface area (Å²) in [6.45, 7) is 18.7. The fourth-order valence-corrected chi connectivity index (χ4v) is 3.59. The molecule has 0 saturated heterocycles. The highest BCUT2D eigenvalue weighted by atomic mass is 14.2. The number of benzene rings is 1. The highest BCUT2D eigenvalue weighted by Crippen LogP contribution is 2.26. The zero-order valence-corrected chi connectivity index (χ0v) is 17.8. The van der Waals surface area contributed by atoms with Crippen molar-refractivity contribution >= 4 is 0 Å². The van der Waals surface area contributed by atoms with Crippen LogP contribution in [0.2, 0.25) is 0 Å². The van der Waals surface area contributed by atoms with E-state index < -0.39 is 0 Å². The maximum atomic E-state index is 2.45. The van der Waals surface area contributed by atoms with E-state index in [2.05, 4.69) is 67.5 Å². The molecule has 0 atom stereocenters. The van der Waals surface area contributed by atoms with Gasteiger partial charge >= 0.3 is 0 Å². The molecule has 1 rings (SSSR count). The fraction of sp³-hybridized carbons (Fsp3) is 0.750. The lowest BCUT2D eigenvalue weighted by molar-refractivity contribution is 0.359. The molecule has 0 spiro atoms. The number of rotatable bonds is 8. The van der Waals surface area contributed by atoms with Crippen LogP contribution in [0, 0.1) is 24.7 Å². The molecule has 0 heteroatoms. The lowest BCUT2D eigenvalue weighted by Gasteiger charge is -2.20. The van der Waals surface area contributed by atoms with Crippen LogP contribution in [0.1, 0.15) is 102 Å². The van der Waals surface area contributed by atoms with E-state index >= 15 is 0 Å². The average molecular weight is 331 g/mol. The number of unbranched alkanes of at least 4 members (excludes halogenated alkanes) is 2. The molecule has 0 saturated carbocycles. The van der Waals surface area contributed by atoms with Gasteiger partial charge in [-0.05, 0) is 79.9 Å². The summed E-state index contributed by atoms with van der Waals surface area (Å²) in [6, 6.07) is 4.82. The van der Waals surface area contributed by atoms with Crippen molar-refractivity contribution in [3.63, 3.8) is 0 Å².